The lowest BCUT2D eigenvalue weighted by Gasteiger charge is -2.31. The molecule has 26 nitrogen and oxygen atoms in total. The highest BCUT2D eigenvalue weighted by molar-refractivity contribution is 5.98. The Hall–Kier alpha value is -8.81. The van der Waals surface area contributed by atoms with Crippen LogP contribution in [0.3, 0.4) is 0 Å². The van der Waals surface area contributed by atoms with Crippen molar-refractivity contribution >= 4 is 65.1 Å². The van der Waals surface area contributed by atoms with Crippen molar-refractivity contribution in [3.8, 4) is 5.75 Å². The lowest BCUT2D eigenvalue weighted by molar-refractivity contribution is -0.142. The van der Waals surface area contributed by atoms with Crippen LogP contribution in [0, 0.1) is 5.92 Å². The molecule has 0 saturated carbocycles. The molecule has 0 radical (unpaired) electrons. The number of rotatable bonds is 32. The molecule has 8 atom stereocenters. The maximum absolute atomic E-state index is 14.8. The zero-order valence-corrected chi connectivity index (χ0v) is 45.2. The molecule has 0 bridgehead atoms. The molecule has 21 N–H and O–H groups in total. The van der Waals surface area contributed by atoms with Gasteiger partial charge in [-0.2, -0.15) is 0 Å². The van der Waals surface area contributed by atoms with Gasteiger partial charge in [0.15, 0.2) is 11.9 Å². The van der Waals surface area contributed by atoms with Crippen LogP contribution in [0.2, 0.25) is 0 Å². The van der Waals surface area contributed by atoms with Gasteiger partial charge in [-0.05, 0) is 86.1 Å². The molecule has 80 heavy (non-hydrogen) atoms. The van der Waals surface area contributed by atoms with Gasteiger partial charge in [0, 0.05) is 32.5 Å². The average Bonchev–Trinajstić information content (AvgIpc) is 3.91. The maximum atomic E-state index is 14.8. The molecule has 434 valence electrons. The standard InChI is InChI=1S/C54H78N16O10/c1-31(2)26-40(68-50(78)41(28-32-12-5-3-6-13-32)67-46(74)36(55)27-34-19-21-35(71)22-20-34)48(76)69-42(29-33-14-7-4-8-15-33)49(77)65-38(17-10-24-63-54(60)61)52(80)70-25-11-18-43(70)51(79)64-37(16-9-23-62-53(58)59)47(75)66-39(45(57)73)30-44(56)72/h3-8,12-15,19-22,31,36-43,71H,9-11,16-18,23-30,55H2,1-2H3,(H2,56,72)(H2,57,73)(H,64,79)(H,65,77)(H,66,75)(H,67,74)(H,68,78)(H,69,76)(H4,58,59,62)(H4,60,61,63)/t36-,37-,38-,39-,40-,41-,42+,43+/m0/s1. The van der Waals surface area contributed by atoms with Crippen LogP contribution in [0.5, 0.6) is 5.75 Å². The Morgan fingerprint density at radius 1 is 0.562 bits per heavy atom. The quantitative estimate of drug-likeness (QED) is 0.0170. The third kappa shape index (κ3) is 21.9. The van der Waals surface area contributed by atoms with E-state index in [4.69, 9.17) is 40.1 Å². The Kier molecular flexibility index (Phi) is 25.6. The molecular formula is C54H78N16O10. The number of nitrogens with zero attached hydrogens (tertiary/aromatic N) is 3. The highest BCUT2D eigenvalue weighted by Gasteiger charge is 2.40. The molecule has 0 spiro atoms. The van der Waals surface area contributed by atoms with E-state index in [0.717, 1.165) is 0 Å². The van der Waals surface area contributed by atoms with Gasteiger partial charge in [-0.3, -0.25) is 53.1 Å². The largest absolute Gasteiger partial charge is 0.508 e. The number of aromatic hydroxyl groups is 1. The number of nitrogens with one attached hydrogen (secondary N) is 6. The van der Waals surface area contributed by atoms with Crippen LogP contribution in [0.1, 0.15) is 81.9 Å². The predicted octanol–water partition coefficient (Wildman–Crippen LogP) is -2.84. The number of phenolic OH excluding ortho intramolecular Hbond substituents is 1. The molecule has 1 fully saturated rings. The monoisotopic (exact) mass is 1110 g/mol. The van der Waals surface area contributed by atoms with Gasteiger partial charge in [-0.15, -0.1) is 0 Å². The van der Waals surface area contributed by atoms with Crippen LogP contribution < -0.4 is 72.0 Å². The summed E-state index contributed by atoms with van der Waals surface area (Å²) in [6.07, 6.45) is 0.290. The van der Waals surface area contributed by atoms with E-state index in [9.17, 15) is 48.3 Å². The fourth-order valence-corrected chi connectivity index (χ4v) is 8.90. The van der Waals surface area contributed by atoms with Crippen molar-refractivity contribution in [2.75, 3.05) is 19.6 Å². The number of hydrogen-bond acceptors (Lipinski definition) is 13. The van der Waals surface area contributed by atoms with Crippen LogP contribution in [0.4, 0.5) is 0 Å². The number of nitrogens with two attached hydrogens (primary N) is 7. The summed E-state index contributed by atoms with van der Waals surface area (Å²) in [6, 6.07) is 13.7. The number of aliphatic imine (C=N–C) groups is 2. The van der Waals surface area contributed by atoms with Gasteiger partial charge in [0.25, 0.3) is 0 Å². The van der Waals surface area contributed by atoms with Crippen LogP contribution >= 0.6 is 0 Å². The first-order valence-electron chi connectivity index (χ1n) is 26.4. The molecule has 0 unspecified atom stereocenters. The van der Waals surface area contributed by atoms with Crippen LogP contribution in [-0.4, -0.2) is 143 Å². The van der Waals surface area contributed by atoms with Gasteiger partial charge >= 0.3 is 0 Å². The number of carbonyl (C=O) groups excluding carboxylic acids is 9. The molecule has 0 aliphatic carbocycles. The number of phenols is 1. The molecule has 1 aliphatic rings. The molecule has 3 aromatic carbocycles. The fourth-order valence-electron chi connectivity index (χ4n) is 8.90. The van der Waals surface area contributed by atoms with E-state index in [-0.39, 0.29) is 101 Å². The van der Waals surface area contributed by atoms with Crippen LogP contribution in [0.15, 0.2) is 94.9 Å². The number of likely N-dealkylation sites (tertiary alicyclic amines) is 1. The molecule has 26 heteroatoms. The Morgan fingerprint density at radius 3 is 1.51 bits per heavy atom. The Labute approximate surface area is 464 Å². The molecule has 1 heterocycles. The van der Waals surface area contributed by atoms with Crippen molar-refractivity contribution in [1.82, 2.24) is 36.8 Å². The van der Waals surface area contributed by atoms with Gasteiger partial charge < -0.3 is 82.0 Å². The van der Waals surface area contributed by atoms with Crippen molar-refractivity contribution in [3.63, 3.8) is 0 Å². The summed E-state index contributed by atoms with van der Waals surface area (Å²) in [5.41, 5.74) is 41.1. The third-order valence-electron chi connectivity index (χ3n) is 12.9. The fraction of sp³-hybridized carbons (Fsp3) is 0.463. The topological polar surface area (TPSA) is 456 Å². The van der Waals surface area contributed by atoms with E-state index < -0.39 is 108 Å². The van der Waals surface area contributed by atoms with E-state index in [0.29, 0.717) is 23.1 Å². The van der Waals surface area contributed by atoms with Gasteiger partial charge in [0.05, 0.1) is 12.5 Å². The first-order chi connectivity index (χ1) is 38.0. The van der Waals surface area contributed by atoms with E-state index in [1.807, 2.05) is 13.8 Å². The number of primary amides is 2. The minimum Gasteiger partial charge on any atom is -0.508 e. The Balaban J connectivity index is 1.61. The van der Waals surface area contributed by atoms with E-state index in [1.165, 1.54) is 17.0 Å². The first kappa shape index (κ1) is 63.7. The highest BCUT2D eigenvalue weighted by Crippen LogP contribution is 2.21. The maximum Gasteiger partial charge on any atom is 0.245 e. The van der Waals surface area contributed by atoms with Gasteiger partial charge in [0.1, 0.15) is 48.0 Å². The van der Waals surface area contributed by atoms with Crippen molar-refractivity contribution in [2.24, 2.45) is 56.0 Å². The normalized spacial score (nSPS) is 15.5. The second kappa shape index (κ2) is 32.2. The summed E-state index contributed by atoms with van der Waals surface area (Å²) in [6.45, 7) is 3.86. The summed E-state index contributed by atoms with van der Waals surface area (Å²) in [5.74, 6) is -7.68. The number of benzene rings is 3. The number of carbonyl (C=O) groups is 9. The van der Waals surface area contributed by atoms with Crippen molar-refractivity contribution < 1.29 is 48.3 Å². The van der Waals surface area contributed by atoms with Crippen LogP contribution in [0.25, 0.3) is 0 Å². The minimum absolute atomic E-state index is 0.0317. The molecule has 3 aromatic rings. The van der Waals surface area contributed by atoms with Crippen molar-refractivity contribution in [2.45, 2.75) is 133 Å². The number of guanidine groups is 2. The lowest BCUT2D eigenvalue weighted by atomic mass is 9.99. The molecule has 4 rings (SSSR count). The van der Waals surface area contributed by atoms with Crippen molar-refractivity contribution in [1.29, 1.82) is 0 Å². The Morgan fingerprint density at radius 2 is 1.01 bits per heavy atom. The smallest absolute Gasteiger partial charge is 0.245 e. The number of amides is 9. The Bertz CT molecular complexity index is 2630. The summed E-state index contributed by atoms with van der Waals surface area (Å²) < 4.78 is 0. The van der Waals surface area contributed by atoms with E-state index >= 15 is 0 Å². The molecule has 0 aromatic heterocycles. The average molecular weight is 1110 g/mol. The van der Waals surface area contributed by atoms with E-state index in [2.05, 4.69) is 41.9 Å². The van der Waals surface area contributed by atoms with Gasteiger partial charge in [-0.25, -0.2) is 0 Å². The summed E-state index contributed by atoms with van der Waals surface area (Å²) >= 11 is 0. The van der Waals surface area contributed by atoms with Gasteiger partial charge in [0.2, 0.25) is 53.2 Å². The second-order valence-electron chi connectivity index (χ2n) is 20.0. The molecule has 1 aliphatic heterocycles. The molecule has 1 saturated heterocycles. The predicted molar refractivity (Wildman–Crippen MR) is 299 cm³/mol. The summed E-state index contributed by atoms with van der Waals surface area (Å²) in [7, 11) is 0. The number of hydrogen-bond donors (Lipinski definition) is 14. The summed E-state index contributed by atoms with van der Waals surface area (Å²) in [5, 5.41) is 25.9. The van der Waals surface area contributed by atoms with Gasteiger partial charge in [-0.1, -0.05) is 86.6 Å². The lowest BCUT2D eigenvalue weighted by Crippen LogP contribution is -2.60. The molecule has 9 amide bonds. The zero-order chi connectivity index (χ0) is 58.9. The highest BCUT2D eigenvalue weighted by atomic mass is 16.3. The molecular weight excluding hydrogens is 1030 g/mol. The summed E-state index contributed by atoms with van der Waals surface area (Å²) in [4.78, 5) is 133. The van der Waals surface area contributed by atoms with Crippen molar-refractivity contribution in [3.05, 3.63) is 102 Å². The SMILES string of the molecule is CC(C)C[C@H](NC(=O)[C@H](Cc1ccccc1)NC(=O)[C@@H](N)Cc1ccc(O)cc1)C(=O)N[C@H](Cc1ccccc1)C(=O)N[C@@H](CCCN=C(N)N)C(=O)N1CCC[C@@H]1C(=O)N[C@@H](CCCN=C(N)N)C(=O)N[C@@H](CC(N)=O)C(N)=O. The second-order valence-corrected chi connectivity index (χ2v) is 20.0. The minimum atomic E-state index is -1.49. The third-order valence-corrected chi connectivity index (χ3v) is 12.9. The first-order valence-corrected chi connectivity index (χ1v) is 26.4. The van der Waals surface area contributed by atoms with E-state index in [1.54, 1.807) is 72.8 Å². The zero-order valence-electron chi connectivity index (χ0n) is 45.2. The van der Waals surface area contributed by atoms with Crippen LogP contribution in [-0.2, 0) is 62.4 Å².